The molecule has 108 valence electrons. The molecule has 0 unspecified atom stereocenters. The van der Waals surface area contributed by atoms with Crippen molar-refractivity contribution in [1.29, 1.82) is 0 Å². The summed E-state index contributed by atoms with van der Waals surface area (Å²) in [5, 5.41) is 0. The van der Waals surface area contributed by atoms with Crippen molar-refractivity contribution in [2.24, 2.45) is 0 Å². The first-order valence-electron chi connectivity index (χ1n) is 6.62. The van der Waals surface area contributed by atoms with E-state index in [1.54, 1.807) is 19.1 Å². The van der Waals surface area contributed by atoms with Crippen LogP contribution in [0.2, 0.25) is 0 Å². The fourth-order valence-corrected chi connectivity index (χ4v) is 1.59. The lowest BCUT2D eigenvalue weighted by Gasteiger charge is -2.04. The first-order valence-corrected chi connectivity index (χ1v) is 6.62. The molecule has 0 aliphatic carbocycles. The zero-order valence-corrected chi connectivity index (χ0v) is 12.1. The molecule has 0 aromatic heterocycles. The van der Waals surface area contributed by atoms with Crippen LogP contribution in [0, 0.1) is 0 Å². The Bertz CT molecular complexity index is 482. The van der Waals surface area contributed by atoms with Crippen LogP contribution in [0.4, 0.5) is 0 Å². The Balaban J connectivity index is 2.50. The molecule has 0 saturated heterocycles. The normalized spacial score (nSPS) is 9.75. The van der Waals surface area contributed by atoms with Gasteiger partial charge in [0.25, 0.3) is 0 Å². The second-order valence-corrected chi connectivity index (χ2v) is 4.59. The van der Waals surface area contributed by atoms with E-state index >= 15 is 0 Å². The van der Waals surface area contributed by atoms with E-state index in [0.29, 0.717) is 25.2 Å². The van der Waals surface area contributed by atoms with Crippen LogP contribution >= 0.6 is 0 Å². The highest BCUT2D eigenvalue weighted by molar-refractivity contribution is 5.84. The van der Waals surface area contributed by atoms with Crippen molar-refractivity contribution in [3.63, 3.8) is 0 Å². The summed E-state index contributed by atoms with van der Waals surface area (Å²) >= 11 is 0. The van der Waals surface area contributed by atoms with Gasteiger partial charge in [0.2, 0.25) is 0 Å². The molecule has 0 bridgehead atoms. The zero-order valence-electron chi connectivity index (χ0n) is 12.1. The Morgan fingerprint density at radius 1 is 1.15 bits per heavy atom. The number of allylic oxidation sites excluding steroid dienone is 1. The highest BCUT2D eigenvalue weighted by atomic mass is 16.5. The number of carbonyl (C=O) groups is 2. The predicted octanol–water partition coefficient (Wildman–Crippen LogP) is 3.05. The molecule has 0 N–H and O–H groups in total. The third kappa shape index (κ3) is 6.18. The van der Waals surface area contributed by atoms with Crippen LogP contribution in [0.1, 0.15) is 32.8 Å². The predicted molar refractivity (Wildman–Crippen MR) is 76.5 cm³/mol. The maximum Gasteiger partial charge on any atom is 0.336 e. The molecule has 0 amide bonds. The monoisotopic (exact) mass is 276 g/mol. The number of hydrogen-bond acceptors (Lipinski definition) is 4. The van der Waals surface area contributed by atoms with Gasteiger partial charge in [0, 0.05) is 12.5 Å². The van der Waals surface area contributed by atoms with E-state index in [4.69, 9.17) is 9.47 Å². The number of carbonyl (C=O) groups excluding carboxylic acids is 2. The van der Waals surface area contributed by atoms with E-state index in [0.717, 1.165) is 11.1 Å². The quantitative estimate of drug-likeness (QED) is 0.455. The van der Waals surface area contributed by atoms with Gasteiger partial charge >= 0.3 is 11.9 Å². The lowest BCUT2D eigenvalue weighted by molar-refractivity contribution is -0.143. The number of rotatable bonds is 6. The molecule has 20 heavy (non-hydrogen) atoms. The largest absolute Gasteiger partial charge is 0.466 e. The standard InChI is InChI=1S/C16H20O4/c1-4-19-15(17)10-7-13-5-8-14(9-6-13)20-16(18)11-12(2)3/h5-6,8-9,11H,4,7,10H2,1-3H3. The SMILES string of the molecule is CCOC(=O)CCc1ccc(OC(=O)C=C(C)C)cc1. The average Bonchev–Trinajstić information content (AvgIpc) is 2.37. The van der Waals surface area contributed by atoms with Crippen molar-refractivity contribution >= 4 is 11.9 Å². The molecule has 4 nitrogen and oxygen atoms in total. The fraction of sp³-hybridized carbons (Fsp3) is 0.375. The van der Waals surface area contributed by atoms with Gasteiger partial charge < -0.3 is 9.47 Å². The Labute approximate surface area is 119 Å². The Kier molecular flexibility index (Phi) is 6.50. The number of esters is 2. The zero-order chi connectivity index (χ0) is 15.0. The summed E-state index contributed by atoms with van der Waals surface area (Å²) in [5.41, 5.74) is 1.89. The molecule has 0 atom stereocenters. The average molecular weight is 276 g/mol. The minimum Gasteiger partial charge on any atom is -0.466 e. The molecule has 0 saturated carbocycles. The molecule has 1 aromatic rings. The first-order chi connectivity index (χ1) is 9.51. The van der Waals surface area contributed by atoms with Crippen molar-refractivity contribution in [3.05, 3.63) is 41.5 Å². The number of ether oxygens (including phenoxy) is 2. The fourth-order valence-electron chi connectivity index (χ4n) is 1.59. The van der Waals surface area contributed by atoms with Gasteiger partial charge in [0.05, 0.1) is 6.61 Å². The molecular weight excluding hydrogens is 256 g/mol. The molecule has 1 rings (SSSR count). The first kappa shape index (κ1) is 16.0. The van der Waals surface area contributed by atoms with E-state index in [9.17, 15) is 9.59 Å². The number of hydrogen-bond donors (Lipinski definition) is 0. The second kappa shape index (κ2) is 8.15. The molecule has 0 heterocycles. The molecule has 0 aliphatic heterocycles. The van der Waals surface area contributed by atoms with E-state index < -0.39 is 0 Å². The van der Waals surface area contributed by atoms with Gasteiger partial charge in [0.15, 0.2) is 0 Å². The van der Waals surface area contributed by atoms with E-state index in [2.05, 4.69) is 0 Å². The third-order valence-electron chi connectivity index (χ3n) is 2.47. The number of aryl methyl sites for hydroxylation is 1. The van der Waals surface area contributed by atoms with Gasteiger partial charge in [-0.3, -0.25) is 4.79 Å². The summed E-state index contributed by atoms with van der Waals surface area (Å²) in [6, 6.07) is 7.11. The van der Waals surface area contributed by atoms with Crippen LogP contribution < -0.4 is 4.74 Å². The van der Waals surface area contributed by atoms with Crippen molar-refractivity contribution in [2.75, 3.05) is 6.61 Å². The lowest BCUT2D eigenvalue weighted by Crippen LogP contribution is -2.06. The van der Waals surface area contributed by atoms with Crippen LogP contribution in [0.3, 0.4) is 0 Å². The van der Waals surface area contributed by atoms with E-state index in [-0.39, 0.29) is 11.9 Å². The highest BCUT2D eigenvalue weighted by Gasteiger charge is 2.04. The molecule has 4 heteroatoms. The Morgan fingerprint density at radius 2 is 1.80 bits per heavy atom. The van der Waals surface area contributed by atoms with E-state index in [1.807, 2.05) is 26.0 Å². The maximum absolute atomic E-state index is 11.4. The second-order valence-electron chi connectivity index (χ2n) is 4.59. The summed E-state index contributed by atoms with van der Waals surface area (Å²) < 4.78 is 10.00. The van der Waals surface area contributed by atoms with Crippen LogP contribution in [0.25, 0.3) is 0 Å². The minimum atomic E-state index is -0.385. The number of benzene rings is 1. The van der Waals surface area contributed by atoms with Crippen LogP contribution in [-0.4, -0.2) is 18.5 Å². The van der Waals surface area contributed by atoms with Crippen LogP contribution in [-0.2, 0) is 20.7 Å². The van der Waals surface area contributed by atoms with Gasteiger partial charge in [-0.25, -0.2) is 4.79 Å². The van der Waals surface area contributed by atoms with Crippen LogP contribution in [0.5, 0.6) is 5.75 Å². The van der Waals surface area contributed by atoms with Crippen molar-refractivity contribution in [1.82, 2.24) is 0 Å². The summed E-state index contributed by atoms with van der Waals surface area (Å²) in [5.74, 6) is -0.0942. The molecule has 0 fully saturated rings. The van der Waals surface area contributed by atoms with Gasteiger partial charge in [-0.15, -0.1) is 0 Å². The van der Waals surface area contributed by atoms with Crippen molar-refractivity contribution in [2.45, 2.75) is 33.6 Å². The molecular formula is C16H20O4. The third-order valence-corrected chi connectivity index (χ3v) is 2.47. The molecule has 0 spiro atoms. The highest BCUT2D eigenvalue weighted by Crippen LogP contribution is 2.14. The van der Waals surface area contributed by atoms with Crippen molar-refractivity contribution in [3.8, 4) is 5.75 Å². The van der Waals surface area contributed by atoms with Crippen LogP contribution in [0.15, 0.2) is 35.9 Å². The molecule has 1 aromatic carbocycles. The molecule has 0 radical (unpaired) electrons. The summed E-state index contributed by atoms with van der Waals surface area (Å²) in [6.07, 6.45) is 2.40. The summed E-state index contributed by atoms with van der Waals surface area (Å²) in [4.78, 5) is 22.7. The molecule has 0 aliphatic rings. The van der Waals surface area contributed by atoms with Gasteiger partial charge in [0.1, 0.15) is 5.75 Å². The maximum atomic E-state index is 11.4. The van der Waals surface area contributed by atoms with Gasteiger partial charge in [-0.05, 0) is 44.9 Å². The lowest BCUT2D eigenvalue weighted by atomic mass is 10.1. The smallest absolute Gasteiger partial charge is 0.336 e. The Hall–Kier alpha value is -2.10. The minimum absolute atomic E-state index is 0.202. The topological polar surface area (TPSA) is 52.6 Å². The van der Waals surface area contributed by atoms with Gasteiger partial charge in [-0.2, -0.15) is 0 Å². The van der Waals surface area contributed by atoms with E-state index in [1.165, 1.54) is 6.08 Å². The van der Waals surface area contributed by atoms with Crippen molar-refractivity contribution < 1.29 is 19.1 Å². The summed E-state index contributed by atoms with van der Waals surface area (Å²) in [7, 11) is 0. The Morgan fingerprint density at radius 3 is 2.35 bits per heavy atom. The van der Waals surface area contributed by atoms with Gasteiger partial charge in [-0.1, -0.05) is 17.7 Å². The summed E-state index contributed by atoms with van der Waals surface area (Å²) in [6.45, 7) is 5.85.